The van der Waals surface area contributed by atoms with E-state index >= 15 is 0 Å². The van der Waals surface area contributed by atoms with Gasteiger partial charge in [0.25, 0.3) is 0 Å². The highest BCUT2D eigenvalue weighted by Gasteiger charge is 2.24. The Hall–Kier alpha value is -1.49. The van der Waals surface area contributed by atoms with Crippen LogP contribution in [0.1, 0.15) is 25.8 Å². The van der Waals surface area contributed by atoms with Crippen molar-refractivity contribution in [3.05, 3.63) is 35.4 Å². The van der Waals surface area contributed by atoms with Crippen LogP contribution in [-0.4, -0.2) is 19.1 Å². The highest BCUT2D eigenvalue weighted by Crippen LogP contribution is 2.13. The molecule has 0 aliphatic heterocycles. The molecule has 0 aliphatic carbocycles. The maximum atomic E-state index is 13.5. The molecule has 0 bridgehead atoms. The Morgan fingerprint density at radius 2 is 2.11 bits per heavy atom. The van der Waals surface area contributed by atoms with Crippen LogP contribution < -0.4 is 5.32 Å². The molecule has 5 heteroatoms. The summed E-state index contributed by atoms with van der Waals surface area (Å²) in [6.45, 7) is 4.02. The van der Waals surface area contributed by atoms with Gasteiger partial charge in [-0.2, -0.15) is 0 Å². The first kappa shape index (κ1) is 15.6. The van der Waals surface area contributed by atoms with Gasteiger partial charge < -0.3 is 4.74 Å². The fraction of sp³-hybridized carbons (Fsp3) is 0.500. The Morgan fingerprint density at radius 1 is 1.42 bits per heavy atom. The minimum absolute atomic E-state index is 0.0657. The average molecular weight is 271 g/mol. The highest BCUT2D eigenvalue weighted by atomic mass is 19.1. The number of rotatable bonds is 6. The number of halogens is 2. The van der Waals surface area contributed by atoms with Crippen LogP contribution in [0.2, 0.25) is 0 Å². The third-order valence-corrected chi connectivity index (χ3v) is 3.20. The fourth-order valence-corrected chi connectivity index (χ4v) is 1.76. The number of benzene rings is 1. The van der Waals surface area contributed by atoms with Crippen molar-refractivity contribution in [1.29, 1.82) is 0 Å². The van der Waals surface area contributed by atoms with Crippen LogP contribution in [0.4, 0.5) is 8.78 Å². The van der Waals surface area contributed by atoms with Crippen LogP contribution in [0.15, 0.2) is 18.2 Å². The summed E-state index contributed by atoms with van der Waals surface area (Å²) < 4.78 is 31.0. The number of methoxy groups -OCH3 is 1. The van der Waals surface area contributed by atoms with Crippen LogP contribution in [0.25, 0.3) is 0 Å². The number of hydrogen-bond acceptors (Lipinski definition) is 3. The molecule has 106 valence electrons. The monoisotopic (exact) mass is 271 g/mol. The second-order valence-corrected chi connectivity index (χ2v) is 4.50. The molecule has 0 aliphatic rings. The van der Waals surface area contributed by atoms with E-state index in [1.165, 1.54) is 19.2 Å². The molecule has 1 aromatic carbocycles. The van der Waals surface area contributed by atoms with E-state index in [0.29, 0.717) is 5.56 Å². The van der Waals surface area contributed by atoms with E-state index in [4.69, 9.17) is 4.74 Å². The second kappa shape index (κ2) is 7.19. The summed E-state index contributed by atoms with van der Waals surface area (Å²) in [5, 5.41) is 2.96. The predicted molar refractivity (Wildman–Crippen MR) is 68.5 cm³/mol. The van der Waals surface area contributed by atoms with Crippen LogP contribution in [0, 0.1) is 17.6 Å². The third-order valence-electron chi connectivity index (χ3n) is 3.20. The molecule has 0 fully saturated rings. The molecular formula is C14H19F2NO2. The maximum Gasteiger partial charge on any atom is 0.323 e. The zero-order valence-electron chi connectivity index (χ0n) is 11.4. The Morgan fingerprint density at radius 3 is 2.63 bits per heavy atom. The van der Waals surface area contributed by atoms with Gasteiger partial charge >= 0.3 is 5.97 Å². The topological polar surface area (TPSA) is 38.3 Å². The standard InChI is InChI=1S/C14H19F2NO2/c1-4-9(2)13(14(18)19-3)17-8-10-5-6-11(15)7-12(10)16/h5-7,9,13,17H,4,8H2,1-3H3. The van der Waals surface area contributed by atoms with Crippen LogP contribution in [0.3, 0.4) is 0 Å². The first-order valence-corrected chi connectivity index (χ1v) is 6.24. The molecule has 0 amide bonds. The average Bonchev–Trinajstić information content (AvgIpc) is 2.40. The van der Waals surface area contributed by atoms with Crippen molar-refractivity contribution in [1.82, 2.24) is 5.32 Å². The Labute approximate surface area is 112 Å². The van der Waals surface area contributed by atoms with Crippen molar-refractivity contribution in [2.45, 2.75) is 32.9 Å². The third kappa shape index (κ3) is 4.28. The number of carbonyl (C=O) groups is 1. The SMILES string of the molecule is CCC(C)C(NCc1ccc(F)cc1F)C(=O)OC. The van der Waals surface area contributed by atoms with Gasteiger partial charge in [-0.05, 0) is 12.0 Å². The summed E-state index contributed by atoms with van der Waals surface area (Å²) in [6.07, 6.45) is 0.790. The summed E-state index contributed by atoms with van der Waals surface area (Å²) >= 11 is 0. The minimum atomic E-state index is -0.625. The molecule has 2 unspecified atom stereocenters. The van der Waals surface area contributed by atoms with Crippen molar-refractivity contribution >= 4 is 5.97 Å². The molecule has 0 radical (unpaired) electrons. The number of nitrogens with one attached hydrogen (secondary N) is 1. The van der Waals surface area contributed by atoms with Crippen LogP contribution in [0.5, 0.6) is 0 Å². The lowest BCUT2D eigenvalue weighted by atomic mass is 9.99. The van der Waals surface area contributed by atoms with E-state index in [2.05, 4.69) is 5.32 Å². The van der Waals surface area contributed by atoms with Gasteiger partial charge in [0.05, 0.1) is 7.11 Å². The van der Waals surface area contributed by atoms with E-state index in [9.17, 15) is 13.6 Å². The maximum absolute atomic E-state index is 13.5. The van der Waals surface area contributed by atoms with Crippen molar-refractivity contribution in [2.24, 2.45) is 5.92 Å². The zero-order chi connectivity index (χ0) is 14.4. The molecule has 0 aromatic heterocycles. The van der Waals surface area contributed by atoms with Crippen molar-refractivity contribution < 1.29 is 18.3 Å². The summed E-state index contributed by atoms with van der Waals surface area (Å²) in [5.74, 6) is -1.55. The summed E-state index contributed by atoms with van der Waals surface area (Å²) in [7, 11) is 1.32. The first-order valence-electron chi connectivity index (χ1n) is 6.24. The van der Waals surface area contributed by atoms with Gasteiger partial charge in [-0.15, -0.1) is 0 Å². The van der Waals surface area contributed by atoms with E-state index in [1.807, 2.05) is 13.8 Å². The quantitative estimate of drug-likeness (QED) is 0.808. The number of hydrogen-bond donors (Lipinski definition) is 1. The summed E-state index contributed by atoms with van der Waals surface area (Å²) in [5.41, 5.74) is 0.318. The largest absolute Gasteiger partial charge is 0.468 e. The lowest BCUT2D eigenvalue weighted by molar-refractivity contribution is -0.144. The summed E-state index contributed by atoms with van der Waals surface area (Å²) in [4.78, 5) is 11.6. The van der Waals surface area contributed by atoms with E-state index in [1.54, 1.807) is 0 Å². The van der Waals surface area contributed by atoms with E-state index < -0.39 is 17.7 Å². The fourth-order valence-electron chi connectivity index (χ4n) is 1.76. The predicted octanol–water partition coefficient (Wildman–Crippen LogP) is 2.64. The molecule has 1 N–H and O–H groups in total. The van der Waals surface area contributed by atoms with Gasteiger partial charge in [0.1, 0.15) is 17.7 Å². The summed E-state index contributed by atoms with van der Waals surface area (Å²) in [6, 6.07) is 2.88. The van der Waals surface area contributed by atoms with Gasteiger partial charge in [-0.3, -0.25) is 10.1 Å². The number of carbonyl (C=O) groups excluding carboxylic acids is 1. The zero-order valence-corrected chi connectivity index (χ0v) is 11.4. The molecule has 1 rings (SSSR count). The van der Waals surface area contributed by atoms with Gasteiger partial charge in [0.15, 0.2) is 0 Å². The Balaban J connectivity index is 2.73. The normalized spacial score (nSPS) is 13.9. The first-order chi connectivity index (χ1) is 8.99. The Kier molecular flexibility index (Phi) is 5.89. The van der Waals surface area contributed by atoms with Crippen molar-refractivity contribution in [3.8, 4) is 0 Å². The minimum Gasteiger partial charge on any atom is -0.468 e. The van der Waals surface area contributed by atoms with Crippen LogP contribution in [-0.2, 0) is 16.1 Å². The van der Waals surface area contributed by atoms with E-state index in [0.717, 1.165) is 12.5 Å². The van der Waals surface area contributed by atoms with Gasteiger partial charge in [0.2, 0.25) is 0 Å². The molecule has 2 atom stereocenters. The molecule has 0 saturated heterocycles. The smallest absolute Gasteiger partial charge is 0.323 e. The van der Waals surface area contributed by atoms with Crippen LogP contribution >= 0.6 is 0 Å². The number of esters is 1. The van der Waals surface area contributed by atoms with Gasteiger partial charge in [0, 0.05) is 18.2 Å². The molecule has 1 aromatic rings. The highest BCUT2D eigenvalue weighted by molar-refractivity contribution is 5.75. The number of ether oxygens (including phenoxy) is 1. The molecule has 19 heavy (non-hydrogen) atoms. The van der Waals surface area contributed by atoms with E-state index in [-0.39, 0.29) is 18.4 Å². The lowest BCUT2D eigenvalue weighted by Crippen LogP contribution is -2.42. The van der Waals surface area contributed by atoms with Crippen molar-refractivity contribution in [2.75, 3.05) is 7.11 Å². The lowest BCUT2D eigenvalue weighted by Gasteiger charge is -2.22. The molecule has 0 spiro atoms. The molecule has 0 heterocycles. The van der Waals surface area contributed by atoms with Gasteiger partial charge in [-0.1, -0.05) is 26.3 Å². The van der Waals surface area contributed by atoms with Gasteiger partial charge in [-0.25, -0.2) is 8.78 Å². The second-order valence-electron chi connectivity index (χ2n) is 4.50. The van der Waals surface area contributed by atoms with Crippen molar-refractivity contribution in [3.63, 3.8) is 0 Å². The molecular weight excluding hydrogens is 252 g/mol. The Bertz CT molecular complexity index is 437. The molecule has 3 nitrogen and oxygen atoms in total. The molecule has 0 saturated carbocycles.